The Morgan fingerprint density at radius 1 is 1.24 bits per heavy atom. The lowest BCUT2D eigenvalue weighted by molar-refractivity contribution is 0.480. The Morgan fingerprint density at radius 2 is 2.09 bits per heavy atom. The molecular formula is C24H20ClN5O2S. The van der Waals surface area contributed by atoms with E-state index < -0.39 is 0 Å². The summed E-state index contributed by atoms with van der Waals surface area (Å²) >= 11 is 7.45. The number of aryl methyl sites for hydroxylation is 2. The lowest BCUT2D eigenvalue weighted by Crippen LogP contribution is -2.14. The fraction of sp³-hybridized carbons (Fsp3) is 0.167. The normalized spacial score (nSPS) is 10.7. The van der Waals surface area contributed by atoms with Gasteiger partial charge in [-0.2, -0.15) is 15.3 Å². The molecule has 9 heteroatoms. The van der Waals surface area contributed by atoms with Crippen molar-refractivity contribution in [3.05, 3.63) is 98.2 Å². The molecule has 0 radical (unpaired) electrons. The number of H-pyrrole nitrogens is 1. The predicted molar refractivity (Wildman–Crippen MR) is 128 cm³/mol. The maximum atomic E-state index is 12.4. The lowest BCUT2D eigenvalue weighted by Gasteiger charge is -2.10. The van der Waals surface area contributed by atoms with Crippen molar-refractivity contribution in [2.45, 2.75) is 24.3 Å². The molecule has 0 fully saturated rings. The van der Waals surface area contributed by atoms with Gasteiger partial charge in [0, 0.05) is 42.2 Å². The first-order valence-corrected chi connectivity index (χ1v) is 11.4. The molecule has 7 nitrogen and oxygen atoms in total. The van der Waals surface area contributed by atoms with Crippen LogP contribution in [0.4, 0.5) is 0 Å². The number of nitrogens with zero attached hydrogens (tertiary/aromatic N) is 4. The number of rotatable bonds is 7. The predicted octanol–water partition coefficient (Wildman–Crippen LogP) is 5.01. The van der Waals surface area contributed by atoms with Crippen LogP contribution in [0.2, 0.25) is 5.02 Å². The number of aromatic nitrogens is 4. The van der Waals surface area contributed by atoms with Gasteiger partial charge in [-0.3, -0.25) is 9.48 Å². The summed E-state index contributed by atoms with van der Waals surface area (Å²) in [6, 6.07) is 13.0. The highest BCUT2D eigenvalue weighted by atomic mass is 35.5. The lowest BCUT2D eigenvalue weighted by atomic mass is 10.1. The number of halogens is 1. The van der Waals surface area contributed by atoms with E-state index in [1.165, 1.54) is 11.8 Å². The van der Waals surface area contributed by atoms with Crippen LogP contribution in [0.25, 0.3) is 0 Å². The van der Waals surface area contributed by atoms with Gasteiger partial charge in [-0.1, -0.05) is 29.4 Å². The highest BCUT2D eigenvalue weighted by molar-refractivity contribution is 7.98. The molecule has 166 valence electrons. The van der Waals surface area contributed by atoms with Crippen LogP contribution >= 0.6 is 23.4 Å². The third-order valence-electron chi connectivity index (χ3n) is 4.90. The van der Waals surface area contributed by atoms with Gasteiger partial charge in [0.05, 0.1) is 11.8 Å². The number of ether oxygens (including phenoxy) is 1. The van der Waals surface area contributed by atoms with E-state index in [4.69, 9.17) is 16.3 Å². The molecule has 1 N–H and O–H groups in total. The highest BCUT2D eigenvalue weighted by Crippen LogP contribution is 2.30. The van der Waals surface area contributed by atoms with Gasteiger partial charge in [0.15, 0.2) is 5.16 Å². The van der Waals surface area contributed by atoms with Gasteiger partial charge in [-0.15, -0.1) is 0 Å². The van der Waals surface area contributed by atoms with Gasteiger partial charge >= 0.3 is 0 Å². The second-order valence-corrected chi connectivity index (χ2v) is 8.85. The molecule has 0 saturated heterocycles. The summed E-state index contributed by atoms with van der Waals surface area (Å²) in [4.78, 5) is 19.6. The van der Waals surface area contributed by atoms with E-state index in [2.05, 4.69) is 21.1 Å². The van der Waals surface area contributed by atoms with E-state index in [9.17, 15) is 10.1 Å². The molecule has 0 aliphatic rings. The van der Waals surface area contributed by atoms with E-state index in [-0.39, 0.29) is 5.56 Å². The molecule has 4 aromatic rings. The van der Waals surface area contributed by atoms with Crippen molar-refractivity contribution in [1.29, 1.82) is 5.26 Å². The van der Waals surface area contributed by atoms with Gasteiger partial charge in [0.2, 0.25) is 0 Å². The van der Waals surface area contributed by atoms with Crippen LogP contribution in [0, 0.1) is 18.3 Å². The van der Waals surface area contributed by atoms with Crippen LogP contribution < -0.4 is 10.3 Å². The van der Waals surface area contributed by atoms with Crippen molar-refractivity contribution < 1.29 is 4.74 Å². The molecule has 0 atom stereocenters. The van der Waals surface area contributed by atoms with Gasteiger partial charge in [0.25, 0.3) is 5.56 Å². The van der Waals surface area contributed by atoms with Gasteiger partial charge < -0.3 is 9.72 Å². The van der Waals surface area contributed by atoms with E-state index in [0.29, 0.717) is 45.0 Å². The van der Waals surface area contributed by atoms with Crippen LogP contribution in [0.3, 0.4) is 0 Å². The molecule has 0 amide bonds. The Bertz CT molecular complexity index is 1410. The molecule has 0 aliphatic carbocycles. The topological polar surface area (TPSA) is 96.6 Å². The zero-order valence-corrected chi connectivity index (χ0v) is 19.6. The first-order valence-electron chi connectivity index (χ1n) is 10.1. The Labute approximate surface area is 200 Å². The molecular weight excluding hydrogens is 458 g/mol. The minimum atomic E-state index is -0.264. The maximum absolute atomic E-state index is 12.4. The summed E-state index contributed by atoms with van der Waals surface area (Å²) in [5, 5.41) is 14.9. The Hall–Kier alpha value is -3.54. The summed E-state index contributed by atoms with van der Waals surface area (Å²) in [5.41, 5.74) is 3.50. The molecule has 2 aromatic heterocycles. The minimum Gasteiger partial charge on any atom is -0.456 e. The molecule has 0 aliphatic heterocycles. The maximum Gasteiger partial charge on any atom is 0.277 e. The largest absolute Gasteiger partial charge is 0.456 e. The Kier molecular flexibility index (Phi) is 6.82. The van der Waals surface area contributed by atoms with E-state index in [0.717, 1.165) is 16.7 Å². The van der Waals surface area contributed by atoms with Crippen LogP contribution in [0.15, 0.2) is 64.9 Å². The molecule has 2 heterocycles. The standard InChI is InChI=1S/C24H20ClN5O2S/c1-15-7-20(4-5-21(15)25)32-22-6-3-16(8-18(22)10-26)14-33-24-27-12-19(23(31)29-24)9-17-11-28-30(2)13-17/h3-8,11-13H,9,14H2,1-2H3,(H,27,29,31). The molecule has 0 bridgehead atoms. The smallest absolute Gasteiger partial charge is 0.277 e. The van der Waals surface area contributed by atoms with E-state index in [1.54, 1.807) is 41.3 Å². The number of nitriles is 1. The molecule has 0 unspecified atom stereocenters. The SMILES string of the molecule is Cc1cc(Oc2ccc(CSc3nc(=O)c(Cc4cnn(C)c4)c[nH]3)cc2C#N)ccc1Cl. The first-order chi connectivity index (χ1) is 15.9. The van der Waals surface area contributed by atoms with Gasteiger partial charge in [0.1, 0.15) is 17.6 Å². The van der Waals surface area contributed by atoms with E-state index in [1.807, 2.05) is 32.3 Å². The summed E-state index contributed by atoms with van der Waals surface area (Å²) in [6.07, 6.45) is 5.77. The average molecular weight is 478 g/mol. The first kappa shape index (κ1) is 22.6. The monoisotopic (exact) mass is 477 g/mol. The number of aromatic amines is 1. The molecule has 2 aromatic carbocycles. The summed E-state index contributed by atoms with van der Waals surface area (Å²) in [5.74, 6) is 1.63. The summed E-state index contributed by atoms with van der Waals surface area (Å²) in [7, 11) is 1.83. The second kappa shape index (κ2) is 9.94. The minimum absolute atomic E-state index is 0.264. The average Bonchev–Trinajstić information content (AvgIpc) is 3.21. The van der Waals surface area contributed by atoms with Crippen LogP contribution in [0.1, 0.15) is 27.8 Å². The van der Waals surface area contributed by atoms with Crippen molar-refractivity contribution in [2.75, 3.05) is 0 Å². The molecule has 0 spiro atoms. The number of thioether (sulfide) groups is 1. The number of hydrogen-bond donors (Lipinski definition) is 1. The Balaban J connectivity index is 1.43. The van der Waals surface area contributed by atoms with E-state index >= 15 is 0 Å². The number of hydrogen-bond acceptors (Lipinski definition) is 6. The molecule has 0 saturated carbocycles. The van der Waals surface area contributed by atoms with Gasteiger partial charge in [-0.25, -0.2) is 0 Å². The fourth-order valence-electron chi connectivity index (χ4n) is 3.19. The highest BCUT2D eigenvalue weighted by Gasteiger charge is 2.10. The fourth-order valence-corrected chi connectivity index (χ4v) is 4.08. The van der Waals surface area contributed by atoms with Crippen molar-refractivity contribution in [3.63, 3.8) is 0 Å². The van der Waals surface area contributed by atoms with Crippen molar-refractivity contribution in [1.82, 2.24) is 19.7 Å². The van der Waals surface area contributed by atoms with Crippen molar-refractivity contribution >= 4 is 23.4 Å². The number of nitrogens with one attached hydrogen (secondary N) is 1. The number of benzene rings is 2. The second-order valence-electron chi connectivity index (χ2n) is 7.48. The third kappa shape index (κ3) is 5.64. The quantitative estimate of drug-likeness (QED) is 0.297. The van der Waals surface area contributed by atoms with Crippen molar-refractivity contribution in [2.24, 2.45) is 7.05 Å². The summed E-state index contributed by atoms with van der Waals surface area (Å²) < 4.78 is 7.58. The van der Waals surface area contributed by atoms with Crippen LogP contribution in [-0.4, -0.2) is 19.7 Å². The zero-order valence-electron chi connectivity index (χ0n) is 18.0. The zero-order chi connectivity index (χ0) is 23.4. The summed E-state index contributed by atoms with van der Waals surface area (Å²) in [6.45, 7) is 1.89. The van der Waals surface area contributed by atoms with Crippen LogP contribution in [-0.2, 0) is 19.2 Å². The Morgan fingerprint density at radius 3 is 2.79 bits per heavy atom. The van der Waals surface area contributed by atoms with Gasteiger partial charge in [-0.05, 0) is 53.9 Å². The van der Waals surface area contributed by atoms with Crippen LogP contribution in [0.5, 0.6) is 11.5 Å². The third-order valence-corrected chi connectivity index (χ3v) is 6.28. The van der Waals surface area contributed by atoms with Crippen molar-refractivity contribution in [3.8, 4) is 17.6 Å². The molecule has 33 heavy (non-hydrogen) atoms. The molecule has 4 rings (SSSR count).